The molecule has 0 unspecified atom stereocenters. The van der Waals surface area contributed by atoms with Gasteiger partial charge in [-0.3, -0.25) is 4.98 Å². The Morgan fingerprint density at radius 1 is 1.13 bits per heavy atom. The van der Waals surface area contributed by atoms with Gasteiger partial charge in [-0.25, -0.2) is 9.59 Å². The topological polar surface area (TPSA) is 63.1 Å². The van der Waals surface area contributed by atoms with Crippen molar-refractivity contribution in [1.82, 2.24) is 4.98 Å². The number of hydrogen-bond acceptors (Lipinski definition) is 3. The molecule has 7 heteroatoms. The van der Waals surface area contributed by atoms with Crippen molar-refractivity contribution in [3.8, 4) is 0 Å². The number of aromatic amines is 1. The van der Waals surface area contributed by atoms with E-state index in [0.29, 0.717) is 0 Å². The molecule has 0 aliphatic heterocycles. The molecule has 4 nitrogen and oxygen atoms in total. The number of halogens is 3. The summed E-state index contributed by atoms with van der Waals surface area (Å²) in [5.41, 5.74) is -0.659. The van der Waals surface area contributed by atoms with Crippen molar-refractivity contribution in [1.29, 1.82) is 0 Å². The van der Waals surface area contributed by atoms with E-state index >= 15 is 0 Å². The second-order valence-corrected chi connectivity index (χ2v) is 3.87. The Morgan fingerprint density at radius 2 is 1.80 bits per heavy atom. The predicted octanol–water partition coefficient (Wildman–Crippen LogP) is 2.44. The minimum Gasteiger partial charge on any atom is -0.372 e. The number of hydrogen-bond donors (Lipinski definition) is 1. The van der Waals surface area contributed by atoms with Gasteiger partial charge in [0.15, 0.2) is 0 Å². The third-order valence-electron chi connectivity index (χ3n) is 1.79. The number of fused-ring (bicyclic) bond motifs is 1. The van der Waals surface area contributed by atoms with Crippen molar-refractivity contribution in [3.05, 3.63) is 42.1 Å². The molecule has 78 valence electrons. The number of H-pyrrole nitrogens is 1. The lowest BCUT2D eigenvalue weighted by Crippen LogP contribution is -2.14. The Bertz CT molecular complexity index is 658. The van der Waals surface area contributed by atoms with E-state index in [4.69, 9.17) is 34.8 Å². The fourth-order valence-electron chi connectivity index (χ4n) is 1.16. The fourth-order valence-corrected chi connectivity index (χ4v) is 1.85. The summed E-state index contributed by atoms with van der Waals surface area (Å²) in [5, 5.41) is 0.162. The van der Waals surface area contributed by atoms with E-state index < -0.39 is 11.4 Å². The average Bonchev–Trinajstić information content (AvgIpc) is 2.13. The summed E-state index contributed by atoms with van der Waals surface area (Å²) in [5.74, 6) is -0.873. The highest BCUT2D eigenvalue weighted by atomic mass is 35.5. The molecule has 1 N–H and O–H groups in total. The van der Waals surface area contributed by atoms with Crippen LogP contribution < -0.4 is 11.4 Å². The molecule has 1 heterocycles. The Hall–Kier alpha value is -0.970. The molecular weight excluding hydrogens is 264 g/mol. The lowest BCUT2D eigenvalue weighted by molar-refractivity contribution is 0.460. The van der Waals surface area contributed by atoms with Crippen molar-refractivity contribution in [3.63, 3.8) is 0 Å². The number of nitrogens with one attached hydrogen (secondary N) is 1. The monoisotopic (exact) mass is 265 g/mol. The largest absolute Gasteiger partial charge is 0.419 e. The molecule has 0 aliphatic rings. The molecule has 0 spiro atoms. The van der Waals surface area contributed by atoms with Crippen molar-refractivity contribution in [2.75, 3.05) is 0 Å². The SMILES string of the molecule is O=c1[nH]c2cc(Cl)c(Cl)c(Cl)c2c(=O)o1. The molecule has 1 aromatic heterocycles. The third kappa shape index (κ3) is 1.65. The van der Waals surface area contributed by atoms with Crippen LogP contribution in [-0.4, -0.2) is 4.98 Å². The van der Waals surface area contributed by atoms with Crippen LogP contribution >= 0.6 is 34.8 Å². The molecule has 1 aromatic carbocycles. The first-order chi connectivity index (χ1) is 7.00. The van der Waals surface area contributed by atoms with Crippen molar-refractivity contribution in [2.45, 2.75) is 0 Å². The maximum Gasteiger partial charge on any atom is 0.419 e. The van der Waals surface area contributed by atoms with E-state index in [1.807, 2.05) is 0 Å². The maximum absolute atomic E-state index is 11.3. The lowest BCUT2D eigenvalue weighted by Gasteiger charge is -2.02. The van der Waals surface area contributed by atoms with Crippen LogP contribution in [0.1, 0.15) is 0 Å². The Balaban J connectivity index is 3.13. The van der Waals surface area contributed by atoms with Gasteiger partial charge in [0.25, 0.3) is 0 Å². The van der Waals surface area contributed by atoms with Crippen LogP contribution in [0.4, 0.5) is 0 Å². The quantitative estimate of drug-likeness (QED) is 0.745. The standard InChI is InChI=1S/C8H2Cl3NO3/c9-2-1-3-4(6(11)5(2)10)7(13)15-8(14)12-3/h1H,(H,12,14). The molecule has 15 heavy (non-hydrogen) atoms. The zero-order valence-corrected chi connectivity index (χ0v) is 9.20. The van der Waals surface area contributed by atoms with Gasteiger partial charge in [-0.15, -0.1) is 0 Å². The lowest BCUT2D eigenvalue weighted by atomic mass is 10.2. The summed E-state index contributed by atoms with van der Waals surface area (Å²) in [6.07, 6.45) is 0. The molecule has 0 saturated heterocycles. The van der Waals surface area contributed by atoms with Crippen LogP contribution in [0, 0.1) is 0 Å². The van der Waals surface area contributed by atoms with Crippen LogP contribution in [0.25, 0.3) is 10.9 Å². The summed E-state index contributed by atoms with van der Waals surface area (Å²) in [7, 11) is 0. The maximum atomic E-state index is 11.3. The fraction of sp³-hybridized carbons (Fsp3) is 0. The minimum atomic E-state index is -0.873. The van der Waals surface area contributed by atoms with E-state index in [-0.39, 0.29) is 26.0 Å². The first-order valence-corrected chi connectivity index (χ1v) is 4.84. The minimum absolute atomic E-state index is 0.00525. The van der Waals surface area contributed by atoms with Gasteiger partial charge >= 0.3 is 11.4 Å². The second-order valence-electron chi connectivity index (χ2n) is 2.71. The van der Waals surface area contributed by atoms with Gasteiger partial charge in [0.05, 0.1) is 20.6 Å². The highest BCUT2D eigenvalue weighted by molar-refractivity contribution is 6.50. The van der Waals surface area contributed by atoms with E-state index in [1.54, 1.807) is 0 Å². The zero-order valence-electron chi connectivity index (χ0n) is 6.94. The zero-order chi connectivity index (χ0) is 11.2. The molecule has 0 bridgehead atoms. The number of benzene rings is 1. The highest BCUT2D eigenvalue weighted by Gasteiger charge is 2.13. The van der Waals surface area contributed by atoms with Crippen molar-refractivity contribution >= 4 is 45.7 Å². The van der Waals surface area contributed by atoms with Gasteiger partial charge in [-0.1, -0.05) is 34.8 Å². The first-order valence-electron chi connectivity index (χ1n) is 3.71. The van der Waals surface area contributed by atoms with Crippen LogP contribution in [0.15, 0.2) is 20.1 Å². The molecule has 0 saturated carbocycles. The number of aromatic nitrogens is 1. The highest BCUT2D eigenvalue weighted by Crippen LogP contribution is 2.34. The van der Waals surface area contributed by atoms with Crippen LogP contribution in [0.3, 0.4) is 0 Å². The van der Waals surface area contributed by atoms with Crippen LogP contribution in [-0.2, 0) is 0 Å². The van der Waals surface area contributed by atoms with Crippen molar-refractivity contribution < 1.29 is 4.42 Å². The molecular formula is C8H2Cl3NO3. The van der Waals surface area contributed by atoms with Crippen LogP contribution in [0.2, 0.25) is 15.1 Å². The summed E-state index contributed by atoms with van der Waals surface area (Å²) in [6, 6.07) is 1.34. The van der Waals surface area contributed by atoms with Gasteiger partial charge in [0.1, 0.15) is 5.39 Å². The Morgan fingerprint density at radius 3 is 2.47 bits per heavy atom. The van der Waals surface area contributed by atoms with Gasteiger partial charge in [0, 0.05) is 0 Å². The van der Waals surface area contributed by atoms with Gasteiger partial charge < -0.3 is 4.42 Å². The predicted molar refractivity (Wildman–Crippen MR) is 58.1 cm³/mol. The Kier molecular flexibility index (Phi) is 2.50. The first kappa shape index (κ1) is 10.5. The Labute approximate surface area is 97.4 Å². The smallest absolute Gasteiger partial charge is 0.372 e. The molecule has 0 radical (unpaired) electrons. The average molecular weight is 266 g/mol. The number of rotatable bonds is 0. The summed E-state index contributed by atoms with van der Waals surface area (Å²) in [6.45, 7) is 0. The molecule has 2 rings (SSSR count). The summed E-state index contributed by atoms with van der Waals surface area (Å²) >= 11 is 17.2. The molecule has 0 fully saturated rings. The second kappa shape index (κ2) is 3.56. The summed E-state index contributed by atoms with van der Waals surface area (Å²) in [4.78, 5) is 24.5. The van der Waals surface area contributed by atoms with Crippen LogP contribution in [0.5, 0.6) is 0 Å². The molecule has 0 aliphatic carbocycles. The van der Waals surface area contributed by atoms with E-state index in [9.17, 15) is 9.59 Å². The molecule has 2 aromatic rings. The van der Waals surface area contributed by atoms with Gasteiger partial charge in [-0.2, -0.15) is 0 Å². The molecule has 0 atom stereocenters. The summed E-state index contributed by atoms with van der Waals surface area (Å²) < 4.78 is 4.31. The molecule has 0 amide bonds. The van der Waals surface area contributed by atoms with E-state index in [1.165, 1.54) is 6.07 Å². The third-order valence-corrected chi connectivity index (χ3v) is 3.05. The van der Waals surface area contributed by atoms with E-state index in [0.717, 1.165) is 0 Å². The normalized spacial score (nSPS) is 10.9. The van der Waals surface area contributed by atoms with Crippen molar-refractivity contribution in [2.24, 2.45) is 0 Å². The van der Waals surface area contributed by atoms with Gasteiger partial charge in [0.2, 0.25) is 0 Å². The van der Waals surface area contributed by atoms with Gasteiger partial charge in [-0.05, 0) is 6.07 Å². The van der Waals surface area contributed by atoms with E-state index in [2.05, 4.69) is 9.40 Å².